The van der Waals surface area contributed by atoms with E-state index >= 15 is 0 Å². The fourth-order valence-electron chi connectivity index (χ4n) is 2.92. The van der Waals surface area contributed by atoms with Gasteiger partial charge in [0.05, 0.1) is 0 Å². The molecule has 0 aliphatic heterocycles. The number of amides is 2. The number of aromatic hydroxyl groups is 1. The fraction of sp³-hybridized carbons (Fsp3) is 0.588. The molecule has 0 spiro atoms. The highest BCUT2D eigenvalue weighted by atomic mass is 32.2. The van der Waals surface area contributed by atoms with E-state index in [4.69, 9.17) is 0 Å². The Labute approximate surface area is 137 Å². The van der Waals surface area contributed by atoms with Gasteiger partial charge < -0.3 is 15.3 Å². The van der Waals surface area contributed by atoms with Crippen molar-refractivity contribution in [3.8, 4) is 5.75 Å². The van der Waals surface area contributed by atoms with Crippen molar-refractivity contribution < 1.29 is 9.90 Å². The molecule has 1 fully saturated rings. The molecule has 0 saturated heterocycles. The minimum atomic E-state index is 0.0194. The lowest BCUT2D eigenvalue weighted by Crippen LogP contribution is -2.43. The Morgan fingerprint density at radius 2 is 2.09 bits per heavy atom. The van der Waals surface area contributed by atoms with Crippen LogP contribution in [0.2, 0.25) is 0 Å². The monoisotopic (exact) mass is 322 g/mol. The maximum atomic E-state index is 12.2. The molecule has 1 aromatic carbocycles. The first-order chi connectivity index (χ1) is 10.6. The molecule has 5 heteroatoms. The molecule has 0 bridgehead atoms. The number of urea groups is 1. The molecule has 1 aliphatic rings. The summed E-state index contributed by atoms with van der Waals surface area (Å²) in [7, 11) is 1.90. The van der Waals surface area contributed by atoms with E-state index in [0.717, 1.165) is 30.6 Å². The molecule has 4 nitrogen and oxygen atoms in total. The zero-order valence-corrected chi connectivity index (χ0v) is 14.2. The van der Waals surface area contributed by atoms with Crippen molar-refractivity contribution in [1.29, 1.82) is 0 Å². The Morgan fingerprint density at radius 3 is 2.77 bits per heavy atom. The van der Waals surface area contributed by atoms with Crippen LogP contribution in [0.25, 0.3) is 0 Å². The van der Waals surface area contributed by atoms with Gasteiger partial charge in [-0.15, -0.1) is 0 Å². The maximum Gasteiger partial charge on any atom is 0.317 e. The second-order valence-corrected chi connectivity index (χ2v) is 7.38. The maximum absolute atomic E-state index is 12.2. The molecule has 22 heavy (non-hydrogen) atoms. The Morgan fingerprint density at radius 1 is 1.36 bits per heavy atom. The third-order valence-electron chi connectivity index (χ3n) is 4.25. The van der Waals surface area contributed by atoms with Crippen molar-refractivity contribution in [3.05, 3.63) is 29.8 Å². The summed E-state index contributed by atoms with van der Waals surface area (Å²) >= 11 is 2.01. The fourth-order valence-corrected chi connectivity index (χ4v) is 4.06. The summed E-state index contributed by atoms with van der Waals surface area (Å²) in [6.45, 7) is 2.81. The molecule has 1 saturated carbocycles. The topological polar surface area (TPSA) is 52.6 Å². The second kappa shape index (κ2) is 8.32. The Balaban J connectivity index is 1.71. The number of hydrogen-bond donors (Lipinski definition) is 2. The summed E-state index contributed by atoms with van der Waals surface area (Å²) in [6, 6.07) is 7.51. The number of rotatable bonds is 6. The van der Waals surface area contributed by atoms with Crippen molar-refractivity contribution in [3.63, 3.8) is 0 Å². The van der Waals surface area contributed by atoms with Gasteiger partial charge in [0.15, 0.2) is 0 Å². The second-order valence-electron chi connectivity index (χ2n) is 5.80. The summed E-state index contributed by atoms with van der Waals surface area (Å²) in [6.07, 6.45) is 4.22. The van der Waals surface area contributed by atoms with Crippen LogP contribution in [0.4, 0.5) is 4.79 Å². The van der Waals surface area contributed by atoms with Gasteiger partial charge in [-0.2, -0.15) is 11.8 Å². The summed E-state index contributed by atoms with van der Waals surface area (Å²) in [4.78, 5) is 14.1. The number of hydrogen-bond acceptors (Lipinski definition) is 3. The zero-order chi connectivity index (χ0) is 15.9. The third-order valence-corrected chi connectivity index (χ3v) is 5.49. The van der Waals surface area contributed by atoms with Gasteiger partial charge in [0.2, 0.25) is 0 Å². The van der Waals surface area contributed by atoms with Crippen molar-refractivity contribution in [2.45, 2.75) is 43.9 Å². The van der Waals surface area contributed by atoms with E-state index in [9.17, 15) is 9.90 Å². The number of phenolic OH excluding ortho intramolecular Hbond substituents is 1. The minimum absolute atomic E-state index is 0.0194. The molecule has 0 aromatic heterocycles. The Hall–Kier alpha value is -1.36. The lowest BCUT2D eigenvalue weighted by molar-refractivity contribution is 0.191. The van der Waals surface area contributed by atoms with E-state index in [1.807, 2.05) is 35.8 Å². The Bertz CT molecular complexity index is 478. The molecule has 1 aromatic rings. The van der Waals surface area contributed by atoms with Crippen LogP contribution in [0.5, 0.6) is 5.75 Å². The molecule has 2 unspecified atom stereocenters. The largest absolute Gasteiger partial charge is 0.508 e. The van der Waals surface area contributed by atoms with Crippen molar-refractivity contribution >= 4 is 17.8 Å². The molecular weight excluding hydrogens is 296 g/mol. The number of phenols is 1. The third kappa shape index (κ3) is 4.83. The van der Waals surface area contributed by atoms with Gasteiger partial charge in [0, 0.05) is 24.9 Å². The van der Waals surface area contributed by atoms with Crippen molar-refractivity contribution in [1.82, 2.24) is 10.2 Å². The van der Waals surface area contributed by atoms with Crippen LogP contribution in [0.1, 0.15) is 31.7 Å². The van der Waals surface area contributed by atoms with Crippen LogP contribution in [0.15, 0.2) is 24.3 Å². The lowest BCUT2D eigenvalue weighted by atomic mass is 10.1. The SMILES string of the molecule is CCSC1CCC(N(C)C(=O)NCCc2ccc(O)cc2)C1. The first-order valence-corrected chi connectivity index (χ1v) is 9.05. The van der Waals surface area contributed by atoms with Gasteiger partial charge in [-0.3, -0.25) is 0 Å². The van der Waals surface area contributed by atoms with Gasteiger partial charge >= 0.3 is 6.03 Å². The molecule has 1 aliphatic carbocycles. The zero-order valence-electron chi connectivity index (χ0n) is 13.4. The molecule has 122 valence electrons. The van der Waals surface area contributed by atoms with E-state index < -0.39 is 0 Å². The van der Waals surface area contributed by atoms with Gasteiger partial charge in [-0.05, 0) is 49.1 Å². The molecular formula is C17H26N2O2S. The highest BCUT2D eigenvalue weighted by molar-refractivity contribution is 7.99. The number of nitrogens with zero attached hydrogens (tertiary/aromatic N) is 1. The standard InChI is InChI=1S/C17H26N2O2S/c1-3-22-16-9-6-14(12-16)19(2)17(21)18-11-10-13-4-7-15(20)8-5-13/h4-5,7-8,14,16,20H,3,6,9-12H2,1-2H3,(H,18,21). The molecule has 2 atom stereocenters. The van der Waals surface area contributed by atoms with Gasteiger partial charge in [0.25, 0.3) is 0 Å². The predicted molar refractivity (Wildman–Crippen MR) is 92.5 cm³/mol. The molecule has 0 radical (unpaired) electrons. The average molecular weight is 322 g/mol. The smallest absolute Gasteiger partial charge is 0.317 e. The minimum Gasteiger partial charge on any atom is -0.508 e. The van der Waals surface area contributed by atoms with Gasteiger partial charge in [-0.1, -0.05) is 19.1 Å². The summed E-state index contributed by atoms with van der Waals surface area (Å²) < 4.78 is 0. The van der Waals surface area contributed by atoms with Crippen LogP contribution in [-0.4, -0.2) is 46.7 Å². The normalized spacial score (nSPS) is 20.8. The quantitative estimate of drug-likeness (QED) is 0.845. The van der Waals surface area contributed by atoms with E-state index in [1.54, 1.807) is 12.1 Å². The summed E-state index contributed by atoms with van der Waals surface area (Å²) in [5.74, 6) is 1.42. The predicted octanol–water partition coefficient (Wildman–Crippen LogP) is 3.25. The van der Waals surface area contributed by atoms with Crippen LogP contribution < -0.4 is 5.32 Å². The first-order valence-electron chi connectivity index (χ1n) is 8.00. The van der Waals surface area contributed by atoms with E-state index in [2.05, 4.69) is 12.2 Å². The van der Waals surface area contributed by atoms with Crippen molar-refractivity contribution in [2.75, 3.05) is 19.3 Å². The molecule has 2 N–H and O–H groups in total. The van der Waals surface area contributed by atoms with Crippen LogP contribution >= 0.6 is 11.8 Å². The van der Waals surface area contributed by atoms with Crippen LogP contribution in [0, 0.1) is 0 Å². The van der Waals surface area contributed by atoms with Gasteiger partial charge in [-0.25, -0.2) is 4.79 Å². The number of thioether (sulfide) groups is 1. The van der Waals surface area contributed by atoms with Crippen LogP contribution in [0.3, 0.4) is 0 Å². The van der Waals surface area contributed by atoms with Gasteiger partial charge in [0.1, 0.15) is 5.75 Å². The number of nitrogens with one attached hydrogen (secondary N) is 1. The molecule has 2 rings (SSSR count). The number of benzene rings is 1. The highest BCUT2D eigenvalue weighted by Crippen LogP contribution is 2.32. The molecule has 2 amide bonds. The number of carbonyl (C=O) groups excluding carboxylic acids is 1. The average Bonchev–Trinajstić information content (AvgIpc) is 2.97. The van der Waals surface area contributed by atoms with Crippen molar-refractivity contribution in [2.24, 2.45) is 0 Å². The first kappa shape index (κ1) is 17.0. The van der Waals surface area contributed by atoms with Crippen LogP contribution in [-0.2, 0) is 6.42 Å². The van der Waals surface area contributed by atoms with E-state index in [-0.39, 0.29) is 11.8 Å². The van der Waals surface area contributed by atoms with E-state index in [0.29, 0.717) is 17.8 Å². The summed E-state index contributed by atoms with van der Waals surface area (Å²) in [5, 5.41) is 12.9. The Kier molecular flexibility index (Phi) is 6.43. The van der Waals surface area contributed by atoms with E-state index in [1.165, 1.54) is 6.42 Å². The molecule has 0 heterocycles. The summed E-state index contributed by atoms with van der Waals surface area (Å²) in [5.41, 5.74) is 1.11. The lowest BCUT2D eigenvalue weighted by Gasteiger charge is -2.25. The number of carbonyl (C=O) groups is 1. The highest BCUT2D eigenvalue weighted by Gasteiger charge is 2.29.